The summed E-state index contributed by atoms with van der Waals surface area (Å²) < 4.78 is 15.9. The Kier molecular flexibility index (Phi) is 3.93. The first-order chi connectivity index (χ1) is 10.7. The van der Waals surface area contributed by atoms with Crippen molar-refractivity contribution in [1.29, 1.82) is 0 Å². The van der Waals surface area contributed by atoms with Crippen molar-refractivity contribution in [3.8, 4) is 11.5 Å². The standard InChI is InChI=1S/C16H13NO4S/c1-19-12-6-3-7-13(20-2)14(12)15-17-11(16(18)21-15)9-10-5-4-8-22-10/h3-9H,1-2H3/b11-9+. The van der Waals surface area contributed by atoms with Gasteiger partial charge < -0.3 is 14.2 Å². The Morgan fingerprint density at radius 3 is 2.45 bits per heavy atom. The molecule has 22 heavy (non-hydrogen) atoms. The molecule has 0 saturated heterocycles. The molecule has 112 valence electrons. The molecule has 0 N–H and O–H groups in total. The molecule has 2 aromatic rings. The molecule has 0 saturated carbocycles. The van der Waals surface area contributed by atoms with E-state index < -0.39 is 5.97 Å². The van der Waals surface area contributed by atoms with Crippen LogP contribution >= 0.6 is 11.3 Å². The minimum Gasteiger partial charge on any atom is -0.496 e. The van der Waals surface area contributed by atoms with Crippen LogP contribution in [-0.2, 0) is 9.53 Å². The second kappa shape index (κ2) is 6.03. The summed E-state index contributed by atoms with van der Waals surface area (Å²) >= 11 is 1.52. The predicted octanol–water partition coefficient (Wildman–Crippen LogP) is 3.11. The Morgan fingerprint density at radius 1 is 1.14 bits per heavy atom. The van der Waals surface area contributed by atoms with Crippen LogP contribution < -0.4 is 9.47 Å². The van der Waals surface area contributed by atoms with E-state index in [-0.39, 0.29) is 11.6 Å². The van der Waals surface area contributed by atoms with E-state index in [0.29, 0.717) is 17.1 Å². The SMILES string of the molecule is COc1cccc(OC)c1C1=N/C(=C/c2cccs2)C(=O)O1. The maximum atomic E-state index is 12.0. The van der Waals surface area contributed by atoms with Gasteiger partial charge in [-0.05, 0) is 29.7 Å². The fourth-order valence-corrected chi connectivity index (χ4v) is 2.74. The number of esters is 1. The first-order valence-corrected chi connectivity index (χ1v) is 7.38. The lowest BCUT2D eigenvalue weighted by molar-refractivity contribution is -0.129. The molecular weight excluding hydrogens is 302 g/mol. The first-order valence-electron chi connectivity index (χ1n) is 6.50. The smallest absolute Gasteiger partial charge is 0.363 e. The number of thiophene rings is 1. The molecule has 0 bridgehead atoms. The van der Waals surface area contributed by atoms with Gasteiger partial charge in [-0.1, -0.05) is 12.1 Å². The molecule has 3 rings (SSSR count). The number of hydrogen-bond acceptors (Lipinski definition) is 6. The monoisotopic (exact) mass is 315 g/mol. The van der Waals surface area contributed by atoms with Gasteiger partial charge in [0.1, 0.15) is 17.1 Å². The van der Waals surface area contributed by atoms with Gasteiger partial charge in [-0.15, -0.1) is 11.3 Å². The number of ether oxygens (including phenoxy) is 3. The van der Waals surface area contributed by atoms with E-state index in [0.717, 1.165) is 4.88 Å². The van der Waals surface area contributed by atoms with Crippen LogP contribution in [-0.4, -0.2) is 26.1 Å². The number of methoxy groups -OCH3 is 2. The molecular formula is C16H13NO4S. The van der Waals surface area contributed by atoms with E-state index in [4.69, 9.17) is 14.2 Å². The fourth-order valence-electron chi connectivity index (χ4n) is 2.09. The molecule has 0 spiro atoms. The number of rotatable bonds is 4. The number of benzene rings is 1. The predicted molar refractivity (Wildman–Crippen MR) is 84.5 cm³/mol. The largest absolute Gasteiger partial charge is 0.496 e. The number of nitrogens with zero attached hydrogens (tertiary/aromatic N) is 1. The topological polar surface area (TPSA) is 57.1 Å². The van der Waals surface area contributed by atoms with Crippen LogP contribution in [0.5, 0.6) is 11.5 Å². The molecule has 1 aromatic heterocycles. The highest BCUT2D eigenvalue weighted by Crippen LogP contribution is 2.32. The molecule has 1 aromatic carbocycles. The highest BCUT2D eigenvalue weighted by Gasteiger charge is 2.28. The Labute approximate surface area is 131 Å². The summed E-state index contributed by atoms with van der Waals surface area (Å²) in [6, 6.07) is 9.12. The average molecular weight is 315 g/mol. The summed E-state index contributed by atoms with van der Waals surface area (Å²) in [5.41, 5.74) is 0.779. The van der Waals surface area contributed by atoms with Crippen LogP contribution in [0, 0.1) is 0 Å². The molecule has 0 radical (unpaired) electrons. The van der Waals surface area contributed by atoms with Gasteiger partial charge >= 0.3 is 5.97 Å². The van der Waals surface area contributed by atoms with Gasteiger partial charge in [0.2, 0.25) is 5.90 Å². The quantitative estimate of drug-likeness (QED) is 0.642. The van der Waals surface area contributed by atoms with Gasteiger partial charge in [0.05, 0.1) is 14.2 Å². The van der Waals surface area contributed by atoms with Crippen molar-refractivity contribution in [2.75, 3.05) is 14.2 Å². The van der Waals surface area contributed by atoms with Crippen molar-refractivity contribution in [3.63, 3.8) is 0 Å². The van der Waals surface area contributed by atoms with E-state index in [1.165, 1.54) is 25.6 Å². The lowest BCUT2D eigenvalue weighted by Crippen LogP contribution is -2.08. The van der Waals surface area contributed by atoms with Crippen molar-refractivity contribution in [1.82, 2.24) is 0 Å². The molecule has 0 atom stereocenters. The second-order valence-electron chi connectivity index (χ2n) is 4.39. The van der Waals surface area contributed by atoms with Crippen molar-refractivity contribution in [2.45, 2.75) is 0 Å². The molecule has 0 fully saturated rings. The van der Waals surface area contributed by atoms with Crippen molar-refractivity contribution >= 4 is 29.3 Å². The summed E-state index contributed by atoms with van der Waals surface area (Å²) in [4.78, 5) is 17.2. The zero-order valence-electron chi connectivity index (χ0n) is 12.0. The van der Waals surface area contributed by atoms with E-state index >= 15 is 0 Å². The number of aliphatic imine (C=N–C) groups is 1. The summed E-state index contributed by atoms with van der Waals surface area (Å²) in [7, 11) is 3.08. The maximum absolute atomic E-state index is 12.0. The third-order valence-electron chi connectivity index (χ3n) is 3.08. The van der Waals surface area contributed by atoms with Crippen LogP contribution in [0.1, 0.15) is 10.4 Å². The molecule has 1 aliphatic heterocycles. The highest BCUT2D eigenvalue weighted by molar-refractivity contribution is 7.10. The maximum Gasteiger partial charge on any atom is 0.363 e. The van der Waals surface area contributed by atoms with E-state index in [9.17, 15) is 4.79 Å². The fraction of sp³-hybridized carbons (Fsp3) is 0.125. The van der Waals surface area contributed by atoms with E-state index in [1.54, 1.807) is 24.3 Å². The van der Waals surface area contributed by atoms with Crippen LogP contribution in [0.2, 0.25) is 0 Å². The van der Waals surface area contributed by atoms with Gasteiger partial charge in [-0.3, -0.25) is 0 Å². The Hall–Kier alpha value is -2.60. The van der Waals surface area contributed by atoms with Crippen molar-refractivity contribution < 1.29 is 19.0 Å². The van der Waals surface area contributed by atoms with Crippen LogP contribution in [0.15, 0.2) is 46.4 Å². The van der Waals surface area contributed by atoms with Gasteiger partial charge in [0.25, 0.3) is 0 Å². The van der Waals surface area contributed by atoms with Crippen LogP contribution in [0.4, 0.5) is 0 Å². The Bertz CT molecular complexity index is 740. The minimum absolute atomic E-state index is 0.183. The summed E-state index contributed by atoms with van der Waals surface area (Å²) in [6.07, 6.45) is 1.70. The van der Waals surface area contributed by atoms with Gasteiger partial charge in [0, 0.05) is 4.88 Å². The van der Waals surface area contributed by atoms with Gasteiger partial charge in [0.15, 0.2) is 5.70 Å². The molecule has 2 heterocycles. The molecule has 0 aliphatic carbocycles. The van der Waals surface area contributed by atoms with Crippen molar-refractivity contribution in [2.24, 2.45) is 4.99 Å². The lowest BCUT2D eigenvalue weighted by Gasteiger charge is -2.11. The van der Waals surface area contributed by atoms with Gasteiger partial charge in [-0.2, -0.15) is 0 Å². The third kappa shape index (κ3) is 2.60. The number of cyclic esters (lactones) is 1. The average Bonchev–Trinajstić information content (AvgIpc) is 3.17. The highest BCUT2D eigenvalue weighted by atomic mass is 32.1. The molecule has 0 amide bonds. The van der Waals surface area contributed by atoms with E-state index in [2.05, 4.69) is 4.99 Å². The number of carbonyl (C=O) groups excluding carboxylic acids is 1. The minimum atomic E-state index is -0.489. The van der Waals surface area contributed by atoms with Crippen molar-refractivity contribution in [3.05, 3.63) is 51.8 Å². The molecule has 1 aliphatic rings. The third-order valence-corrected chi connectivity index (χ3v) is 3.90. The second-order valence-corrected chi connectivity index (χ2v) is 5.37. The number of carbonyl (C=O) groups is 1. The zero-order chi connectivity index (χ0) is 15.5. The lowest BCUT2D eigenvalue weighted by atomic mass is 10.1. The number of hydrogen-bond donors (Lipinski definition) is 0. The first kappa shape index (κ1) is 14.3. The summed E-state index contributed by atoms with van der Waals surface area (Å²) in [6.45, 7) is 0. The molecule has 6 heteroatoms. The Morgan fingerprint density at radius 2 is 1.86 bits per heavy atom. The zero-order valence-corrected chi connectivity index (χ0v) is 12.8. The van der Waals surface area contributed by atoms with Gasteiger partial charge in [-0.25, -0.2) is 9.79 Å². The summed E-state index contributed by atoms with van der Waals surface area (Å²) in [5, 5.41) is 1.93. The molecule has 0 unspecified atom stereocenters. The summed E-state index contributed by atoms with van der Waals surface area (Å²) in [5.74, 6) is 0.755. The van der Waals surface area contributed by atoms with Crippen LogP contribution in [0.25, 0.3) is 6.08 Å². The van der Waals surface area contributed by atoms with E-state index in [1.807, 2.05) is 17.5 Å². The van der Waals surface area contributed by atoms with Crippen LogP contribution in [0.3, 0.4) is 0 Å². The molecule has 5 nitrogen and oxygen atoms in total. The Balaban J connectivity index is 2.05. The normalized spacial score (nSPS) is 15.6.